The lowest BCUT2D eigenvalue weighted by molar-refractivity contribution is 0.293. The van der Waals surface area contributed by atoms with Gasteiger partial charge in [0.2, 0.25) is 0 Å². The first-order valence-corrected chi connectivity index (χ1v) is 3.90. The summed E-state index contributed by atoms with van der Waals surface area (Å²) in [6, 6.07) is 2.84. The molecule has 1 N–H and O–H groups in total. The maximum Gasteiger partial charge on any atom is 0.109 e. The Bertz CT molecular complexity index is 216. The van der Waals surface area contributed by atoms with Crippen molar-refractivity contribution in [3.63, 3.8) is 0 Å². The molecule has 2 rings (SSSR count). The van der Waals surface area contributed by atoms with Crippen LogP contribution in [0.3, 0.4) is 0 Å². The molecule has 1 atom stereocenters. The van der Waals surface area contributed by atoms with E-state index < -0.39 is 6.17 Å². The van der Waals surface area contributed by atoms with Gasteiger partial charge in [0, 0.05) is 18.7 Å². The highest BCUT2D eigenvalue weighted by atomic mass is 19.1. The van der Waals surface area contributed by atoms with E-state index in [-0.39, 0.29) is 0 Å². The lowest BCUT2D eigenvalue weighted by Gasteiger charge is -2.01. The highest BCUT2D eigenvalue weighted by molar-refractivity contribution is 4.99. The molecule has 0 bridgehead atoms. The zero-order valence-electron chi connectivity index (χ0n) is 6.18. The van der Waals surface area contributed by atoms with E-state index in [2.05, 4.69) is 16.3 Å². The summed E-state index contributed by atoms with van der Waals surface area (Å²) in [5, 5.41) is 6.47. The maximum absolute atomic E-state index is 13.1. The molecule has 1 aromatic heterocycles. The van der Waals surface area contributed by atoms with Gasteiger partial charge in [-0.25, -0.2) is 4.39 Å². The second kappa shape index (κ2) is 2.64. The molecule has 59 valence electrons. The summed E-state index contributed by atoms with van der Waals surface area (Å²) in [5.74, 6) is 0.306. The molecule has 11 heavy (non-hydrogen) atoms. The molecule has 1 aliphatic carbocycles. The van der Waals surface area contributed by atoms with Crippen molar-refractivity contribution in [3.05, 3.63) is 18.0 Å². The number of hydrogen-bond acceptors (Lipinski definition) is 1. The lowest BCUT2D eigenvalue weighted by atomic mass is 10.1. The Morgan fingerprint density at radius 3 is 3.18 bits per heavy atom. The molecule has 0 aromatic carbocycles. The van der Waals surface area contributed by atoms with Gasteiger partial charge in [0.25, 0.3) is 0 Å². The number of aromatic nitrogens is 2. The fourth-order valence-electron chi connectivity index (χ4n) is 1.17. The van der Waals surface area contributed by atoms with Gasteiger partial charge < -0.3 is 0 Å². The molecule has 1 fully saturated rings. The summed E-state index contributed by atoms with van der Waals surface area (Å²) in [4.78, 5) is 0. The average molecular weight is 153 g/mol. The lowest BCUT2D eigenvalue weighted by Crippen LogP contribution is -2.07. The van der Waals surface area contributed by atoms with E-state index in [4.69, 9.17) is 0 Å². The minimum absolute atomic E-state index is 0.306. The SMILES string of the molecule is FC(Cc1[c]c[nH]n1)C1CC1. The maximum atomic E-state index is 13.1. The summed E-state index contributed by atoms with van der Waals surface area (Å²) in [6.07, 6.45) is 3.43. The Labute approximate surface area is 64.8 Å². The van der Waals surface area contributed by atoms with Crippen LogP contribution in [-0.2, 0) is 6.42 Å². The minimum atomic E-state index is -0.699. The largest absolute Gasteiger partial charge is 0.285 e. The number of rotatable bonds is 3. The average Bonchev–Trinajstić information content (AvgIpc) is 2.73. The van der Waals surface area contributed by atoms with Gasteiger partial charge in [0.1, 0.15) is 6.17 Å². The molecule has 1 heterocycles. The van der Waals surface area contributed by atoms with Crippen molar-refractivity contribution in [2.75, 3.05) is 0 Å². The van der Waals surface area contributed by atoms with Crippen molar-refractivity contribution in [2.45, 2.75) is 25.4 Å². The summed E-state index contributed by atoms with van der Waals surface area (Å²) in [5.41, 5.74) is 0.712. The molecular formula is C8H10FN2. The van der Waals surface area contributed by atoms with Gasteiger partial charge in [-0.05, 0) is 18.8 Å². The van der Waals surface area contributed by atoms with Crippen LogP contribution in [0.25, 0.3) is 0 Å². The van der Waals surface area contributed by atoms with Crippen LogP contribution < -0.4 is 0 Å². The second-order valence-corrected chi connectivity index (χ2v) is 3.03. The topological polar surface area (TPSA) is 28.7 Å². The smallest absolute Gasteiger partial charge is 0.109 e. The van der Waals surface area contributed by atoms with Crippen LogP contribution in [-0.4, -0.2) is 16.4 Å². The number of nitrogens with zero attached hydrogens (tertiary/aromatic N) is 1. The fraction of sp³-hybridized carbons (Fsp3) is 0.625. The van der Waals surface area contributed by atoms with Crippen LogP contribution in [0.15, 0.2) is 6.20 Å². The van der Waals surface area contributed by atoms with Crippen molar-refractivity contribution >= 4 is 0 Å². The van der Waals surface area contributed by atoms with Crippen molar-refractivity contribution in [2.24, 2.45) is 5.92 Å². The van der Waals surface area contributed by atoms with E-state index in [0.717, 1.165) is 12.8 Å². The molecule has 0 aliphatic heterocycles. The molecule has 3 heteroatoms. The molecule has 1 radical (unpaired) electrons. The molecule has 1 saturated carbocycles. The van der Waals surface area contributed by atoms with Gasteiger partial charge in [0.05, 0.1) is 5.69 Å². The number of H-pyrrole nitrogens is 1. The zero-order valence-corrected chi connectivity index (χ0v) is 6.18. The van der Waals surface area contributed by atoms with Crippen LogP contribution in [0, 0.1) is 12.0 Å². The first-order chi connectivity index (χ1) is 5.36. The fourth-order valence-corrected chi connectivity index (χ4v) is 1.17. The van der Waals surface area contributed by atoms with E-state index in [9.17, 15) is 4.39 Å². The van der Waals surface area contributed by atoms with Gasteiger partial charge >= 0.3 is 0 Å². The Hall–Kier alpha value is -0.860. The van der Waals surface area contributed by atoms with Gasteiger partial charge in [-0.2, -0.15) is 5.10 Å². The number of hydrogen-bond donors (Lipinski definition) is 1. The summed E-state index contributed by atoms with van der Waals surface area (Å²) < 4.78 is 13.1. The minimum Gasteiger partial charge on any atom is -0.285 e. The summed E-state index contributed by atoms with van der Waals surface area (Å²) in [6.45, 7) is 0. The van der Waals surface area contributed by atoms with E-state index >= 15 is 0 Å². The summed E-state index contributed by atoms with van der Waals surface area (Å²) >= 11 is 0. The third kappa shape index (κ3) is 1.59. The van der Waals surface area contributed by atoms with E-state index in [1.165, 1.54) is 0 Å². The third-order valence-electron chi connectivity index (χ3n) is 2.02. The molecular weight excluding hydrogens is 143 g/mol. The Morgan fingerprint density at radius 2 is 2.64 bits per heavy atom. The first-order valence-electron chi connectivity index (χ1n) is 3.90. The Kier molecular flexibility index (Phi) is 1.64. The van der Waals surface area contributed by atoms with Crippen LogP contribution in [0.4, 0.5) is 4.39 Å². The predicted molar refractivity (Wildman–Crippen MR) is 38.7 cm³/mol. The molecule has 1 aliphatic rings. The second-order valence-electron chi connectivity index (χ2n) is 3.03. The standard InChI is InChI=1S/C8H10FN2/c9-8(6-1-2-6)5-7-3-4-10-11-7/h4,6,8H,1-2,5H2,(H,10,11). The Balaban J connectivity index is 1.89. The summed E-state index contributed by atoms with van der Waals surface area (Å²) in [7, 11) is 0. The molecule has 1 aromatic rings. The van der Waals surface area contributed by atoms with E-state index in [1.807, 2.05) is 0 Å². The number of aromatic amines is 1. The highest BCUT2D eigenvalue weighted by Gasteiger charge is 2.31. The third-order valence-corrected chi connectivity index (χ3v) is 2.02. The van der Waals surface area contributed by atoms with Gasteiger partial charge in [-0.15, -0.1) is 0 Å². The van der Waals surface area contributed by atoms with E-state index in [1.54, 1.807) is 6.20 Å². The molecule has 2 nitrogen and oxygen atoms in total. The molecule has 1 unspecified atom stereocenters. The van der Waals surface area contributed by atoms with Crippen LogP contribution in [0.2, 0.25) is 0 Å². The first kappa shape index (κ1) is 6.83. The monoisotopic (exact) mass is 153 g/mol. The van der Waals surface area contributed by atoms with Crippen molar-refractivity contribution in [1.82, 2.24) is 10.2 Å². The van der Waals surface area contributed by atoms with Gasteiger partial charge in [-0.1, -0.05) is 0 Å². The zero-order chi connectivity index (χ0) is 7.68. The molecule has 0 amide bonds. The molecule has 0 saturated heterocycles. The number of nitrogens with one attached hydrogen (secondary N) is 1. The number of halogens is 1. The van der Waals surface area contributed by atoms with Crippen LogP contribution in [0.5, 0.6) is 0 Å². The van der Waals surface area contributed by atoms with Crippen LogP contribution in [0.1, 0.15) is 18.5 Å². The normalized spacial score (nSPS) is 20.1. The Morgan fingerprint density at radius 1 is 1.82 bits per heavy atom. The predicted octanol–water partition coefficient (Wildman–Crippen LogP) is 1.50. The van der Waals surface area contributed by atoms with Gasteiger partial charge in [-0.3, -0.25) is 5.10 Å². The van der Waals surface area contributed by atoms with Crippen molar-refractivity contribution in [3.8, 4) is 0 Å². The van der Waals surface area contributed by atoms with Crippen molar-refractivity contribution < 1.29 is 4.39 Å². The van der Waals surface area contributed by atoms with Gasteiger partial charge in [0.15, 0.2) is 0 Å². The van der Waals surface area contributed by atoms with Crippen LogP contribution >= 0.6 is 0 Å². The quantitative estimate of drug-likeness (QED) is 0.700. The van der Waals surface area contributed by atoms with E-state index in [0.29, 0.717) is 18.0 Å². The highest BCUT2D eigenvalue weighted by Crippen LogP contribution is 2.35. The molecule has 0 spiro atoms. The number of alkyl halides is 1. The van der Waals surface area contributed by atoms with Crippen molar-refractivity contribution in [1.29, 1.82) is 0 Å².